The summed E-state index contributed by atoms with van der Waals surface area (Å²) >= 11 is 0. The van der Waals surface area contributed by atoms with Crippen molar-refractivity contribution in [2.24, 2.45) is 5.92 Å². The molecule has 1 N–H and O–H groups in total. The standard InChI is InChI=1S/C20H23NO3/c1-4-24-19(23)20(15(2)3,17-13-9-6-10-14-17)21-18(22)16-11-7-5-8-12-16/h5-15H,4H2,1-3H3,(H,21,22)/t20-/m1/s1. The van der Waals surface area contributed by atoms with E-state index < -0.39 is 11.5 Å². The fourth-order valence-corrected chi connectivity index (χ4v) is 2.74. The molecule has 4 heteroatoms. The molecule has 2 aromatic rings. The Labute approximate surface area is 142 Å². The smallest absolute Gasteiger partial charge is 0.336 e. The number of hydrogen-bond acceptors (Lipinski definition) is 3. The molecule has 0 bridgehead atoms. The molecule has 0 fully saturated rings. The third-order valence-electron chi connectivity index (χ3n) is 4.04. The quantitative estimate of drug-likeness (QED) is 0.827. The molecule has 0 heterocycles. The van der Waals surface area contributed by atoms with Crippen molar-refractivity contribution >= 4 is 11.9 Å². The molecule has 24 heavy (non-hydrogen) atoms. The lowest BCUT2D eigenvalue weighted by Gasteiger charge is -2.36. The zero-order chi connectivity index (χ0) is 17.6. The second-order valence-corrected chi connectivity index (χ2v) is 5.87. The van der Waals surface area contributed by atoms with Gasteiger partial charge in [0.1, 0.15) is 0 Å². The van der Waals surface area contributed by atoms with Crippen LogP contribution >= 0.6 is 0 Å². The normalized spacial score (nSPS) is 13.2. The van der Waals surface area contributed by atoms with E-state index in [0.717, 1.165) is 0 Å². The van der Waals surface area contributed by atoms with E-state index in [1.165, 1.54) is 0 Å². The van der Waals surface area contributed by atoms with Crippen LogP contribution < -0.4 is 5.32 Å². The SMILES string of the molecule is CCOC(=O)[C@](NC(=O)c1ccccc1)(c1ccccc1)C(C)C. The fraction of sp³-hybridized carbons (Fsp3) is 0.300. The maximum absolute atomic E-state index is 12.8. The molecule has 0 aromatic heterocycles. The van der Waals surface area contributed by atoms with Crippen LogP contribution in [0.2, 0.25) is 0 Å². The van der Waals surface area contributed by atoms with E-state index in [1.807, 2.05) is 50.2 Å². The van der Waals surface area contributed by atoms with E-state index in [-0.39, 0.29) is 18.4 Å². The molecule has 0 saturated heterocycles. The molecule has 0 aliphatic rings. The van der Waals surface area contributed by atoms with Gasteiger partial charge in [-0.25, -0.2) is 4.79 Å². The summed E-state index contributed by atoms with van der Waals surface area (Å²) in [5.41, 5.74) is -0.0185. The van der Waals surface area contributed by atoms with Crippen LogP contribution in [0.3, 0.4) is 0 Å². The van der Waals surface area contributed by atoms with Gasteiger partial charge in [0.15, 0.2) is 5.54 Å². The van der Waals surface area contributed by atoms with Crippen molar-refractivity contribution < 1.29 is 14.3 Å². The number of carbonyl (C=O) groups is 2. The van der Waals surface area contributed by atoms with Crippen molar-refractivity contribution in [1.29, 1.82) is 0 Å². The summed E-state index contributed by atoms with van der Waals surface area (Å²) in [4.78, 5) is 25.6. The van der Waals surface area contributed by atoms with Gasteiger partial charge in [-0.2, -0.15) is 0 Å². The number of amides is 1. The largest absolute Gasteiger partial charge is 0.464 e. The topological polar surface area (TPSA) is 55.4 Å². The van der Waals surface area contributed by atoms with Gasteiger partial charge in [-0.1, -0.05) is 62.4 Å². The van der Waals surface area contributed by atoms with Gasteiger partial charge in [0, 0.05) is 5.56 Å². The number of hydrogen-bond donors (Lipinski definition) is 1. The molecule has 0 saturated carbocycles. The van der Waals surface area contributed by atoms with Crippen LogP contribution in [0.1, 0.15) is 36.7 Å². The Morgan fingerprint density at radius 1 is 1.00 bits per heavy atom. The minimum atomic E-state index is -1.23. The van der Waals surface area contributed by atoms with Crippen molar-refractivity contribution in [3.05, 3.63) is 71.8 Å². The van der Waals surface area contributed by atoms with Gasteiger partial charge in [0.05, 0.1) is 6.61 Å². The van der Waals surface area contributed by atoms with Crippen LogP contribution in [0.15, 0.2) is 60.7 Å². The lowest BCUT2D eigenvalue weighted by atomic mass is 9.79. The summed E-state index contributed by atoms with van der Waals surface area (Å²) in [6, 6.07) is 18.1. The number of benzene rings is 2. The van der Waals surface area contributed by atoms with Crippen LogP contribution in [0, 0.1) is 5.92 Å². The number of rotatable bonds is 6. The first-order valence-corrected chi connectivity index (χ1v) is 8.12. The maximum atomic E-state index is 12.8. The molecule has 0 unspecified atom stereocenters. The lowest BCUT2D eigenvalue weighted by molar-refractivity contribution is -0.153. The second-order valence-electron chi connectivity index (χ2n) is 5.87. The van der Waals surface area contributed by atoms with Crippen molar-refractivity contribution in [3.63, 3.8) is 0 Å². The summed E-state index contributed by atoms with van der Waals surface area (Å²) < 4.78 is 5.31. The number of carbonyl (C=O) groups excluding carboxylic acids is 2. The van der Waals surface area contributed by atoms with Crippen molar-refractivity contribution in [1.82, 2.24) is 5.32 Å². The molecule has 0 aliphatic carbocycles. The third kappa shape index (κ3) is 3.48. The molecule has 2 rings (SSSR count). The van der Waals surface area contributed by atoms with Gasteiger partial charge in [0.2, 0.25) is 0 Å². The van der Waals surface area contributed by atoms with Gasteiger partial charge < -0.3 is 10.1 Å². The van der Waals surface area contributed by atoms with Gasteiger partial charge >= 0.3 is 5.97 Å². The predicted octanol–water partition coefficient (Wildman–Crippen LogP) is 3.53. The Kier molecular flexibility index (Phi) is 5.74. The first-order valence-electron chi connectivity index (χ1n) is 8.12. The molecule has 4 nitrogen and oxygen atoms in total. The van der Waals surface area contributed by atoms with E-state index >= 15 is 0 Å². The Morgan fingerprint density at radius 2 is 1.54 bits per heavy atom. The highest BCUT2D eigenvalue weighted by molar-refractivity contribution is 5.98. The van der Waals surface area contributed by atoms with Gasteiger partial charge in [-0.15, -0.1) is 0 Å². The summed E-state index contributed by atoms with van der Waals surface area (Å²) in [7, 11) is 0. The van der Waals surface area contributed by atoms with Crippen LogP contribution in [0.25, 0.3) is 0 Å². The summed E-state index contributed by atoms with van der Waals surface area (Å²) in [6.07, 6.45) is 0. The van der Waals surface area contributed by atoms with Crippen molar-refractivity contribution in [2.75, 3.05) is 6.61 Å². The number of ether oxygens (including phenoxy) is 1. The molecule has 0 spiro atoms. The van der Waals surface area contributed by atoms with Crippen molar-refractivity contribution in [2.45, 2.75) is 26.3 Å². The van der Waals surface area contributed by atoms with Gasteiger partial charge in [-0.3, -0.25) is 4.79 Å². The zero-order valence-corrected chi connectivity index (χ0v) is 14.3. The van der Waals surface area contributed by atoms with Crippen LogP contribution in [-0.2, 0) is 15.1 Å². The minimum Gasteiger partial charge on any atom is -0.464 e. The van der Waals surface area contributed by atoms with E-state index in [4.69, 9.17) is 4.74 Å². The van der Waals surface area contributed by atoms with E-state index in [0.29, 0.717) is 11.1 Å². The summed E-state index contributed by atoms with van der Waals surface area (Å²) in [6.45, 7) is 5.80. The Balaban J connectivity index is 2.49. The molecule has 126 valence electrons. The maximum Gasteiger partial charge on any atom is 0.336 e. The molecule has 1 atom stereocenters. The van der Waals surface area contributed by atoms with Crippen LogP contribution in [0.5, 0.6) is 0 Å². The highest BCUT2D eigenvalue weighted by atomic mass is 16.5. The third-order valence-corrected chi connectivity index (χ3v) is 4.04. The first-order chi connectivity index (χ1) is 11.5. The van der Waals surface area contributed by atoms with Crippen LogP contribution in [0.4, 0.5) is 0 Å². The van der Waals surface area contributed by atoms with Crippen LogP contribution in [-0.4, -0.2) is 18.5 Å². The molecule has 1 amide bonds. The Hall–Kier alpha value is -2.62. The average Bonchev–Trinajstić information content (AvgIpc) is 2.60. The monoisotopic (exact) mass is 325 g/mol. The van der Waals surface area contributed by atoms with Crippen molar-refractivity contribution in [3.8, 4) is 0 Å². The van der Waals surface area contributed by atoms with Gasteiger partial charge in [-0.05, 0) is 30.5 Å². The number of nitrogens with one attached hydrogen (secondary N) is 1. The lowest BCUT2D eigenvalue weighted by Crippen LogP contribution is -2.56. The highest BCUT2D eigenvalue weighted by Crippen LogP contribution is 2.32. The Bertz CT molecular complexity index is 683. The fourth-order valence-electron chi connectivity index (χ4n) is 2.74. The first kappa shape index (κ1) is 17.7. The highest BCUT2D eigenvalue weighted by Gasteiger charge is 2.46. The van der Waals surface area contributed by atoms with E-state index in [9.17, 15) is 9.59 Å². The zero-order valence-electron chi connectivity index (χ0n) is 14.3. The van der Waals surface area contributed by atoms with E-state index in [1.54, 1.807) is 31.2 Å². The number of esters is 1. The summed E-state index contributed by atoms with van der Waals surface area (Å²) in [5.74, 6) is -0.941. The minimum absolute atomic E-state index is 0.188. The second kappa shape index (κ2) is 7.77. The Morgan fingerprint density at radius 3 is 2.04 bits per heavy atom. The summed E-state index contributed by atoms with van der Waals surface area (Å²) in [5, 5.41) is 2.93. The van der Waals surface area contributed by atoms with E-state index in [2.05, 4.69) is 5.32 Å². The molecule has 0 radical (unpaired) electrons. The van der Waals surface area contributed by atoms with Gasteiger partial charge in [0.25, 0.3) is 5.91 Å². The average molecular weight is 325 g/mol. The molecular weight excluding hydrogens is 302 g/mol. The molecule has 2 aromatic carbocycles. The molecular formula is C20H23NO3. The molecule has 0 aliphatic heterocycles. The predicted molar refractivity (Wildman–Crippen MR) is 93.5 cm³/mol.